The Bertz CT molecular complexity index is 314. The number of carbonyl (C=O) groups is 2. The molecular formula is C12H18O6. The van der Waals surface area contributed by atoms with Crippen LogP contribution in [0.25, 0.3) is 0 Å². The van der Waals surface area contributed by atoms with Gasteiger partial charge in [0, 0.05) is 13.8 Å². The largest absolute Gasteiger partial charge is 0.481 e. The lowest BCUT2D eigenvalue weighted by atomic mass is 10.3. The minimum absolute atomic E-state index is 0.692. The van der Waals surface area contributed by atoms with Gasteiger partial charge in [-0.3, -0.25) is 9.59 Å². The van der Waals surface area contributed by atoms with Crippen LogP contribution in [-0.2, 0) is 9.59 Å². The standard InChI is InChI=1S/C8H10O2.2C2H4O2/c1-7(9)10-8-5-3-2-4-6-8;2*1-2(3)4/h2-7,9H,1H3;2*1H3,(H,3,4). The van der Waals surface area contributed by atoms with Crippen LogP contribution in [0.15, 0.2) is 30.3 Å². The number of rotatable bonds is 2. The van der Waals surface area contributed by atoms with Crippen LogP contribution in [0.4, 0.5) is 0 Å². The van der Waals surface area contributed by atoms with Gasteiger partial charge in [0.05, 0.1) is 0 Å². The maximum Gasteiger partial charge on any atom is 0.300 e. The maximum absolute atomic E-state index is 9.00. The van der Waals surface area contributed by atoms with Crippen LogP contribution in [0.1, 0.15) is 20.8 Å². The number of hydrogen-bond donors (Lipinski definition) is 3. The quantitative estimate of drug-likeness (QED) is 0.696. The van der Waals surface area contributed by atoms with E-state index >= 15 is 0 Å². The summed E-state index contributed by atoms with van der Waals surface area (Å²) in [6.45, 7) is 3.74. The normalized spacial score (nSPS) is 9.78. The molecule has 6 nitrogen and oxygen atoms in total. The first-order valence-corrected chi connectivity index (χ1v) is 5.04. The Balaban J connectivity index is 0. The van der Waals surface area contributed by atoms with E-state index in [4.69, 9.17) is 29.6 Å². The van der Waals surface area contributed by atoms with Crippen molar-refractivity contribution in [3.8, 4) is 5.75 Å². The molecule has 0 saturated carbocycles. The third kappa shape index (κ3) is 23.6. The molecule has 0 aliphatic rings. The Morgan fingerprint density at radius 1 is 1.06 bits per heavy atom. The monoisotopic (exact) mass is 258 g/mol. The Labute approximate surface area is 105 Å². The molecule has 18 heavy (non-hydrogen) atoms. The summed E-state index contributed by atoms with van der Waals surface area (Å²) in [6, 6.07) is 9.21. The molecule has 1 aromatic rings. The van der Waals surface area contributed by atoms with Crippen molar-refractivity contribution >= 4 is 11.9 Å². The van der Waals surface area contributed by atoms with Crippen LogP contribution >= 0.6 is 0 Å². The number of hydrogen-bond acceptors (Lipinski definition) is 4. The first-order valence-electron chi connectivity index (χ1n) is 5.04. The van der Waals surface area contributed by atoms with E-state index in [1.165, 1.54) is 0 Å². The van der Waals surface area contributed by atoms with E-state index in [2.05, 4.69) is 0 Å². The van der Waals surface area contributed by atoms with Gasteiger partial charge in [-0.05, 0) is 19.1 Å². The minimum Gasteiger partial charge on any atom is -0.481 e. The average molecular weight is 258 g/mol. The lowest BCUT2D eigenvalue weighted by molar-refractivity contribution is -0.135. The molecule has 1 aromatic carbocycles. The van der Waals surface area contributed by atoms with Crippen molar-refractivity contribution in [2.75, 3.05) is 0 Å². The van der Waals surface area contributed by atoms with Crippen LogP contribution in [0.3, 0.4) is 0 Å². The molecule has 3 N–H and O–H groups in total. The van der Waals surface area contributed by atoms with Crippen molar-refractivity contribution in [2.45, 2.75) is 27.1 Å². The third-order valence-electron chi connectivity index (χ3n) is 1.05. The molecule has 0 aliphatic carbocycles. The Morgan fingerprint density at radius 3 is 1.67 bits per heavy atom. The van der Waals surface area contributed by atoms with E-state index < -0.39 is 18.2 Å². The predicted octanol–water partition coefficient (Wildman–Crippen LogP) is 1.59. The highest BCUT2D eigenvalue weighted by Gasteiger charge is 1.94. The molecule has 0 fully saturated rings. The van der Waals surface area contributed by atoms with Crippen molar-refractivity contribution in [1.82, 2.24) is 0 Å². The second-order valence-electron chi connectivity index (χ2n) is 3.07. The average Bonchev–Trinajstić information content (AvgIpc) is 2.16. The summed E-state index contributed by atoms with van der Waals surface area (Å²) in [4.78, 5) is 18.0. The lowest BCUT2D eigenvalue weighted by Crippen LogP contribution is -2.08. The number of aliphatic carboxylic acids is 2. The molecule has 1 rings (SSSR count). The summed E-state index contributed by atoms with van der Waals surface area (Å²) >= 11 is 0. The van der Waals surface area contributed by atoms with E-state index in [9.17, 15) is 0 Å². The molecule has 0 bridgehead atoms. The van der Waals surface area contributed by atoms with Gasteiger partial charge in [0.25, 0.3) is 11.9 Å². The molecule has 0 aromatic heterocycles. The predicted molar refractivity (Wildman–Crippen MR) is 65.4 cm³/mol. The zero-order valence-electron chi connectivity index (χ0n) is 10.5. The maximum atomic E-state index is 9.00. The number of carboxylic acids is 2. The summed E-state index contributed by atoms with van der Waals surface area (Å²) in [7, 11) is 0. The van der Waals surface area contributed by atoms with E-state index in [0.717, 1.165) is 13.8 Å². The van der Waals surface area contributed by atoms with Crippen molar-refractivity contribution in [1.29, 1.82) is 0 Å². The summed E-state index contributed by atoms with van der Waals surface area (Å²) in [6.07, 6.45) is -0.734. The van der Waals surface area contributed by atoms with E-state index in [1.807, 2.05) is 18.2 Å². The van der Waals surface area contributed by atoms with Gasteiger partial charge in [-0.25, -0.2) is 0 Å². The summed E-state index contributed by atoms with van der Waals surface area (Å²) in [5.41, 5.74) is 0. The number of para-hydroxylation sites is 1. The molecule has 0 heterocycles. The van der Waals surface area contributed by atoms with Gasteiger partial charge in [0.15, 0.2) is 6.29 Å². The molecule has 0 saturated heterocycles. The Morgan fingerprint density at radius 2 is 1.39 bits per heavy atom. The van der Waals surface area contributed by atoms with Gasteiger partial charge < -0.3 is 20.1 Å². The summed E-state index contributed by atoms with van der Waals surface area (Å²) in [5.74, 6) is -0.975. The number of ether oxygens (including phenoxy) is 1. The molecule has 0 radical (unpaired) electrons. The van der Waals surface area contributed by atoms with Gasteiger partial charge in [-0.2, -0.15) is 0 Å². The van der Waals surface area contributed by atoms with Gasteiger partial charge in [0.1, 0.15) is 5.75 Å². The van der Waals surface area contributed by atoms with Gasteiger partial charge >= 0.3 is 0 Å². The molecule has 0 spiro atoms. The highest BCUT2D eigenvalue weighted by atomic mass is 16.6. The van der Waals surface area contributed by atoms with Crippen molar-refractivity contribution in [3.63, 3.8) is 0 Å². The molecule has 1 atom stereocenters. The molecule has 6 heteroatoms. The smallest absolute Gasteiger partial charge is 0.300 e. The van der Waals surface area contributed by atoms with E-state index in [1.54, 1.807) is 19.1 Å². The fourth-order valence-corrected chi connectivity index (χ4v) is 0.696. The highest BCUT2D eigenvalue weighted by molar-refractivity contribution is 5.63. The fourth-order valence-electron chi connectivity index (χ4n) is 0.696. The van der Waals surface area contributed by atoms with Gasteiger partial charge in [-0.15, -0.1) is 0 Å². The van der Waals surface area contributed by atoms with Gasteiger partial charge in [0.2, 0.25) is 0 Å². The number of carboxylic acid groups (broad SMARTS) is 2. The zero-order chi connectivity index (χ0) is 14.6. The molecule has 102 valence electrons. The van der Waals surface area contributed by atoms with Crippen LogP contribution < -0.4 is 4.74 Å². The first kappa shape index (κ1) is 18.3. The third-order valence-corrected chi connectivity index (χ3v) is 1.05. The van der Waals surface area contributed by atoms with Crippen molar-refractivity contribution in [3.05, 3.63) is 30.3 Å². The second kappa shape index (κ2) is 11.4. The summed E-state index contributed by atoms with van der Waals surface area (Å²) in [5, 5.41) is 23.6. The lowest BCUT2D eigenvalue weighted by Gasteiger charge is -2.06. The van der Waals surface area contributed by atoms with Crippen molar-refractivity contribution < 1.29 is 29.6 Å². The second-order valence-corrected chi connectivity index (χ2v) is 3.07. The SMILES string of the molecule is CC(=O)O.CC(=O)O.CC(O)Oc1ccccc1. The molecule has 0 aliphatic heterocycles. The van der Waals surface area contributed by atoms with Crippen LogP contribution in [0.2, 0.25) is 0 Å². The first-order chi connectivity index (χ1) is 8.25. The topological polar surface area (TPSA) is 104 Å². The van der Waals surface area contributed by atoms with Crippen LogP contribution in [0, 0.1) is 0 Å². The van der Waals surface area contributed by atoms with Crippen LogP contribution in [0.5, 0.6) is 5.75 Å². The molecular weight excluding hydrogens is 240 g/mol. The van der Waals surface area contributed by atoms with E-state index in [-0.39, 0.29) is 0 Å². The van der Waals surface area contributed by atoms with Crippen molar-refractivity contribution in [2.24, 2.45) is 0 Å². The Hall–Kier alpha value is -2.08. The number of benzene rings is 1. The summed E-state index contributed by atoms with van der Waals surface area (Å²) < 4.78 is 4.97. The van der Waals surface area contributed by atoms with Crippen LogP contribution in [-0.4, -0.2) is 33.5 Å². The Kier molecular flexibility index (Phi) is 11.6. The highest BCUT2D eigenvalue weighted by Crippen LogP contribution is 2.09. The van der Waals surface area contributed by atoms with Gasteiger partial charge in [-0.1, -0.05) is 18.2 Å². The fraction of sp³-hybridized carbons (Fsp3) is 0.333. The zero-order valence-corrected chi connectivity index (χ0v) is 10.5. The van der Waals surface area contributed by atoms with E-state index in [0.29, 0.717) is 5.75 Å². The number of aliphatic hydroxyl groups is 1. The molecule has 0 amide bonds. The minimum atomic E-state index is -0.833. The molecule has 1 unspecified atom stereocenters. The number of aliphatic hydroxyl groups excluding tert-OH is 1.